The molecule has 1 fully saturated rings. The van der Waals surface area contributed by atoms with Crippen LogP contribution < -0.4 is 4.74 Å². The smallest absolute Gasteiger partial charge is 0.333 e. The molecule has 178 valence electrons. The zero-order valence-electron chi connectivity index (χ0n) is 19.1. The summed E-state index contributed by atoms with van der Waals surface area (Å²) in [7, 11) is 0. The van der Waals surface area contributed by atoms with Gasteiger partial charge in [0.25, 0.3) is 11.8 Å². The normalized spacial score (nSPS) is 17.3. The van der Waals surface area contributed by atoms with E-state index >= 15 is 0 Å². The second-order valence-corrected chi connectivity index (χ2v) is 10.2. The van der Waals surface area contributed by atoms with Crippen molar-refractivity contribution >= 4 is 41.9 Å². The van der Waals surface area contributed by atoms with Crippen molar-refractivity contribution in [3.05, 3.63) is 29.3 Å². The largest absolute Gasteiger partial charge is 0.494 e. The zero-order chi connectivity index (χ0) is 24.0. The molecule has 1 aliphatic heterocycles. The molecule has 8 nitrogen and oxygen atoms in total. The van der Waals surface area contributed by atoms with Crippen LogP contribution in [0.3, 0.4) is 0 Å². The molecule has 0 saturated carbocycles. The van der Waals surface area contributed by atoms with Crippen molar-refractivity contribution in [1.29, 1.82) is 0 Å². The first-order valence-corrected chi connectivity index (χ1v) is 11.7. The number of nitrogens with zero attached hydrogens (tertiary/aromatic N) is 2. The number of imide groups is 1. The summed E-state index contributed by atoms with van der Waals surface area (Å²) in [5.74, 6) is -0.843. The maximum absolute atomic E-state index is 12.1. The summed E-state index contributed by atoms with van der Waals surface area (Å²) in [5, 5.41) is 0.554. The standard InChI is InChI=1S/C24H30N2O6S/c1-24(2,33)14-17(27)15-25-20-6-3-5-16-13-18(8-9-19(16)20)31-12-4-7-23(30)32-26-21(28)10-11-22(26)29/h8-9,13,33H,3-7,10-12,14-15H2,1-2H3. The Morgan fingerprint density at radius 2 is 1.85 bits per heavy atom. The number of carbonyl (C=O) groups excluding carboxylic acids is 4. The van der Waals surface area contributed by atoms with Crippen molar-refractivity contribution in [3.8, 4) is 5.75 Å². The number of thiol groups is 1. The van der Waals surface area contributed by atoms with Crippen LogP contribution in [-0.2, 0) is 30.4 Å². The number of Topliss-reactive ketones (excluding diaryl/α,β-unsaturated/α-hetero) is 1. The summed E-state index contributed by atoms with van der Waals surface area (Å²) in [6.45, 7) is 4.29. The number of benzene rings is 1. The number of aryl methyl sites for hydroxylation is 1. The van der Waals surface area contributed by atoms with E-state index in [0.29, 0.717) is 30.3 Å². The molecule has 1 aromatic rings. The van der Waals surface area contributed by atoms with E-state index in [0.717, 1.165) is 36.1 Å². The van der Waals surface area contributed by atoms with E-state index in [1.54, 1.807) is 0 Å². The third-order valence-corrected chi connectivity index (χ3v) is 5.47. The predicted molar refractivity (Wildman–Crippen MR) is 125 cm³/mol. The Labute approximate surface area is 199 Å². The van der Waals surface area contributed by atoms with Gasteiger partial charge >= 0.3 is 5.97 Å². The number of ether oxygens (including phenoxy) is 1. The number of fused-ring (bicyclic) bond motifs is 1. The molecule has 2 amide bonds. The molecule has 2 aliphatic rings. The van der Waals surface area contributed by atoms with Gasteiger partial charge in [0.2, 0.25) is 0 Å². The molecule has 0 spiro atoms. The quantitative estimate of drug-likeness (QED) is 0.317. The zero-order valence-corrected chi connectivity index (χ0v) is 20.0. The Balaban J connectivity index is 1.48. The third-order valence-electron chi connectivity index (χ3n) is 5.32. The molecule has 1 aliphatic carbocycles. The van der Waals surface area contributed by atoms with Crippen LogP contribution in [0.15, 0.2) is 23.2 Å². The van der Waals surface area contributed by atoms with Crippen LogP contribution in [0.1, 0.15) is 69.9 Å². The van der Waals surface area contributed by atoms with Gasteiger partial charge in [-0.25, -0.2) is 4.79 Å². The lowest BCUT2D eigenvalue weighted by Gasteiger charge is -2.20. The van der Waals surface area contributed by atoms with Crippen LogP contribution in [0.5, 0.6) is 5.75 Å². The van der Waals surface area contributed by atoms with E-state index in [2.05, 4.69) is 17.6 Å². The van der Waals surface area contributed by atoms with E-state index in [1.165, 1.54) is 0 Å². The van der Waals surface area contributed by atoms with Crippen molar-refractivity contribution < 1.29 is 28.8 Å². The predicted octanol–water partition coefficient (Wildman–Crippen LogP) is 3.25. The maximum atomic E-state index is 12.1. The van der Waals surface area contributed by atoms with Gasteiger partial charge in [-0.3, -0.25) is 19.4 Å². The van der Waals surface area contributed by atoms with Crippen molar-refractivity contribution in [2.75, 3.05) is 13.2 Å². The van der Waals surface area contributed by atoms with Crippen LogP contribution in [-0.4, -0.2) is 52.2 Å². The molecular weight excluding hydrogens is 444 g/mol. The number of aliphatic imine (C=N–C) groups is 1. The molecule has 1 saturated heterocycles. The Morgan fingerprint density at radius 1 is 1.12 bits per heavy atom. The Hall–Kier alpha value is -2.68. The number of ketones is 1. The lowest BCUT2D eigenvalue weighted by molar-refractivity contribution is -0.197. The lowest BCUT2D eigenvalue weighted by Crippen LogP contribution is -2.32. The van der Waals surface area contributed by atoms with Gasteiger partial charge in [0, 0.05) is 29.7 Å². The summed E-state index contributed by atoms with van der Waals surface area (Å²) >= 11 is 4.41. The maximum Gasteiger partial charge on any atom is 0.333 e. The van der Waals surface area contributed by atoms with Gasteiger partial charge < -0.3 is 9.57 Å². The molecule has 0 atom stereocenters. The van der Waals surface area contributed by atoms with Crippen LogP contribution in [0.25, 0.3) is 0 Å². The fourth-order valence-corrected chi connectivity index (χ4v) is 4.00. The first-order chi connectivity index (χ1) is 15.6. The van der Waals surface area contributed by atoms with E-state index in [1.807, 2.05) is 32.0 Å². The molecule has 0 radical (unpaired) electrons. The van der Waals surface area contributed by atoms with Crippen molar-refractivity contribution in [2.45, 2.75) is 70.0 Å². The highest BCUT2D eigenvalue weighted by Crippen LogP contribution is 2.26. The fraction of sp³-hybridized carbons (Fsp3) is 0.542. The number of hydroxylamine groups is 2. The summed E-state index contributed by atoms with van der Waals surface area (Å²) < 4.78 is 5.43. The number of carbonyl (C=O) groups is 4. The van der Waals surface area contributed by atoms with E-state index in [-0.39, 0.29) is 36.3 Å². The highest BCUT2D eigenvalue weighted by molar-refractivity contribution is 7.81. The van der Waals surface area contributed by atoms with Gasteiger partial charge in [-0.2, -0.15) is 12.6 Å². The van der Waals surface area contributed by atoms with Crippen molar-refractivity contribution in [2.24, 2.45) is 4.99 Å². The van der Waals surface area contributed by atoms with E-state index < -0.39 is 17.8 Å². The molecule has 9 heteroatoms. The average Bonchev–Trinajstić information content (AvgIpc) is 3.06. The number of amides is 2. The molecule has 3 rings (SSSR count). The molecule has 0 unspecified atom stereocenters. The Bertz CT molecular complexity index is 950. The monoisotopic (exact) mass is 474 g/mol. The van der Waals surface area contributed by atoms with Crippen molar-refractivity contribution in [3.63, 3.8) is 0 Å². The number of hydrogen-bond donors (Lipinski definition) is 1. The van der Waals surface area contributed by atoms with Crippen LogP contribution in [0.4, 0.5) is 0 Å². The van der Waals surface area contributed by atoms with Gasteiger partial charge in [0.1, 0.15) is 5.75 Å². The van der Waals surface area contributed by atoms with Crippen LogP contribution >= 0.6 is 12.6 Å². The van der Waals surface area contributed by atoms with Crippen LogP contribution in [0, 0.1) is 0 Å². The van der Waals surface area contributed by atoms with E-state index in [9.17, 15) is 19.2 Å². The molecular formula is C24H30N2O6S. The summed E-state index contributed by atoms with van der Waals surface area (Å²) in [5.41, 5.74) is 3.13. The molecule has 1 heterocycles. The summed E-state index contributed by atoms with van der Waals surface area (Å²) in [6, 6.07) is 5.80. The minimum atomic E-state index is -0.635. The van der Waals surface area contributed by atoms with Gasteiger partial charge in [-0.05, 0) is 55.0 Å². The van der Waals surface area contributed by atoms with E-state index in [4.69, 9.17) is 9.57 Å². The second kappa shape index (κ2) is 11.0. The molecule has 0 aromatic heterocycles. The molecule has 33 heavy (non-hydrogen) atoms. The number of hydrogen-bond acceptors (Lipinski definition) is 8. The molecule has 1 aromatic carbocycles. The van der Waals surface area contributed by atoms with Gasteiger partial charge in [-0.1, -0.05) is 13.8 Å². The summed E-state index contributed by atoms with van der Waals surface area (Å²) in [6.07, 6.45) is 3.67. The third kappa shape index (κ3) is 7.42. The van der Waals surface area contributed by atoms with Crippen molar-refractivity contribution in [1.82, 2.24) is 5.06 Å². The topological polar surface area (TPSA) is 102 Å². The van der Waals surface area contributed by atoms with Gasteiger partial charge in [-0.15, -0.1) is 5.06 Å². The van der Waals surface area contributed by atoms with Crippen LogP contribution in [0.2, 0.25) is 0 Å². The SMILES string of the molecule is CC(C)(S)CC(=O)CN=C1CCCc2cc(OCCCC(=O)ON3C(=O)CCC3=O)ccc21. The first kappa shape index (κ1) is 25.0. The van der Waals surface area contributed by atoms with Gasteiger partial charge in [0.05, 0.1) is 19.6 Å². The Morgan fingerprint density at radius 3 is 2.55 bits per heavy atom. The first-order valence-electron chi connectivity index (χ1n) is 11.2. The fourth-order valence-electron chi connectivity index (χ4n) is 3.83. The Kier molecular flexibility index (Phi) is 8.29. The highest BCUT2D eigenvalue weighted by atomic mass is 32.1. The lowest BCUT2D eigenvalue weighted by atomic mass is 9.90. The van der Waals surface area contributed by atoms with Gasteiger partial charge in [0.15, 0.2) is 5.78 Å². The summed E-state index contributed by atoms with van der Waals surface area (Å²) in [4.78, 5) is 56.4. The highest BCUT2D eigenvalue weighted by Gasteiger charge is 2.32. The second-order valence-electron chi connectivity index (χ2n) is 8.96. The minimum Gasteiger partial charge on any atom is -0.494 e. The number of rotatable bonds is 10. The molecule has 0 bridgehead atoms. The average molecular weight is 475 g/mol. The minimum absolute atomic E-state index is 0.0376. The molecule has 0 N–H and O–H groups in total.